The lowest BCUT2D eigenvalue weighted by Crippen LogP contribution is -2.01. The summed E-state index contributed by atoms with van der Waals surface area (Å²) in [7, 11) is 0. The highest BCUT2D eigenvalue weighted by atomic mass is 19.1. The third kappa shape index (κ3) is 7.14. The van der Waals surface area contributed by atoms with Crippen LogP contribution in [0.5, 0.6) is 11.5 Å². The number of pyridine rings is 1. The largest absolute Gasteiger partial charge is 0.457 e. The Morgan fingerprint density at radius 1 is 0.881 bits per heavy atom. The van der Waals surface area contributed by atoms with Crippen molar-refractivity contribution in [2.45, 2.75) is 79.1 Å². The molecule has 0 aliphatic heterocycles. The molecule has 0 radical (unpaired) electrons. The molecule has 0 bridgehead atoms. The Hall–Kier alpha value is -4.26. The highest BCUT2D eigenvalue weighted by Gasteiger charge is 2.25. The van der Waals surface area contributed by atoms with Gasteiger partial charge in [-0.15, -0.1) is 0 Å². The second-order valence-corrected chi connectivity index (χ2v) is 10.1. The summed E-state index contributed by atoms with van der Waals surface area (Å²) in [6, 6.07) is 16.6. The quantitative estimate of drug-likeness (QED) is 0.212. The van der Waals surface area contributed by atoms with Gasteiger partial charge in [-0.05, 0) is 86.2 Å². The average molecular weight is 568 g/mol. The van der Waals surface area contributed by atoms with Gasteiger partial charge in [0.2, 0.25) is 0 Å². The molecular weight excluding hydrogens is 525 g/mol. The number of nitrogen functional groups attached to an aromatic ring is 1. The van der Waals surface area contributed by atoms with Crippen LogP contribution < -0.4 is 10.5 Å². The van der Waals surface area contributed by atoms with E-state index in [-0.39, 0.29) is 5.82 Å². The van der Waals surface area contributed by atoms with E-state index in [4.69, 9.17) is 15.5 Å². The number of ether oxygens (including phenoxy) is 1. The Morgan fingerprint density at radius 3 is 2.29 bits per heavy atom. The van der Waals surface area contributed by atoms with Gasteiger partial charge in [0.15, 0.2) is 0 Å². The Kier molecular flexibility index (Phi) is 10.7. The minimum Gasteiger partial charge on any atom is -0.457 e. The van der Waals surface area contributed by atoms with Crippen molar-refractivity contribution in [3.05, 3.63) is 102 Å². The van der Waals surface area contributed by atoms with Gasteiger partial charge in [0, 0.05) is 41.8 Å². The monoisotopic (exact) mass is 567 g/mol. The zero-order valence-corrected chi connectivity index (χ0v) is 25.4. The number of benzene rings is 2. The molecule has 0 saturated heterocycles. The van der Waals surface area contributed by atoms with Crippen LogP contribution in [0.1, 0.15) is 81.9 Å². The molecule has 1 aliphatic rings. The van der Waals surface area contributed by atoms with Gasteiger partial charge in [-0.25, -0.2) is 14.4 Å². The van der Waals surface area contributed by atoms with Gasteiger partial charge in [-0.1, -0.05) is 46.6 Å². The van der Waals surface area contributed by atoms with Crippen LogP contribution >= 0.6 is 0 Å². The van der Waals surface area contributed by atoms with Crippen LogP contribution in [0.15, 0.2) is 73.2 Å². The molecule has 220 valence electrons. The number of nitrogens with two attached hydrogens (primary N) is 1. The predicted molar refractivity (Wildman–Crippen MR) is 170 cm³/mol. The van der Waals surface area contributed by atoms with Crippen molar-refractivity contribution in [1.29, 1.82) is 0 Å². The van der Waals surface area contributed by atoms with Crippen LogP contribution in [0, 0.1) is 12.7 Å². The molecule has 0 atom stereocenters. The van der Waals surface area contributed by atoms with E-state index in [1.807, 2.05) is 83.4 Å². The summed E-state index contributed by atoms with van der Waals surface area (Å²) in [6.07, 6.45) is 11.8. The van der Waals surface area contributed by atoms with Gasteiger partial charge in [-0.3, -0.25) is 9.38 Å². The van der Waals surface area contributed by atoms with Crippen molar-refractivity contribution in [3.63, 3.8) is 0 Å². The lowest BCUT2D eigenvalue weighted by atomic mass is 10.1. The minimum absolute atomic E-state index is 0.317. The molecular formula is C35H42FN5O. The van der Waals surface area contributed by atoms with E-state index in [0.717, 1.165) is 58.7 Å². The first-order valence-corrected chi connectivity index (χ1v) is 15.2. The maximum atomic E-state index is 14.4. The lowest BCUT2D eigenvalue weighted by molar-refractivity contribution is 0.475. The van der Waals surface area contributed by atoms with Crippen molar-refractivity contribution in [2.75, 3.05) is 5.73 Å². The fourth-order valence-corrected chi connectivity index (χ4v) is 5.34. The molecule has 1 fully saturated rings. The molecule has 42 heavy (non-hydrogen) atoms. The number of fused-ring (bicyclic) bond motifs is 1. The summed E-state index contributed by atoms with van der Waals surface area (Å²) in [5, 5.41) is 0. The van der Waals surface area contributed by atoms with Gasteiger partial charge in [-0.2, -0.15) is 0 Å². The number of imidazole rings is 1. The van der Waals surface area contributed by atoms with Crippen molar-refractivity contribution in [2.24, 2.45) is 0 Å². The van der Waals surface area contributed by atoms with Gasteiger partial charge in [0.25, 0.3) is 0 Å². The van der Waals surface area contributed by atoms with Crippen LogP contribution in [0.2, 0.25) is 0 Å². The Bertz CT molecular complexity index is 1570. The topological polar surface area (TPSA) is 78.3 Å². The van der Waals surface area contributed by atoms with Crippen molar-refractivity contribution < 1.29 is 9.13 Å². The van der Waals surface area contributed by atoms with E-state index in [2.05, 4.69) is 20.4 Å². The van der Waals surface area contributed by atoms with Crippen molar-refractivity contribution in [1.82, 2.24) is 19.4 Å². The Balaban J connectivity index is 0.000000972. The number of halogens is 1. The van der Waals surface area contributed by atoms with Crippen LogP contribution in [0.4, 0.5) is 10.2 Å². The highest BCUT2D eigenvalue weighted by molar-refractivity contribution is 5.85. The summed E-state index contributed by atoms with van der Waals surface area (Å²) in [5.41, 5.74) is 11.9. The van der Waals surface area contributed by atoms with Gasteiger partial charge in [0.05, 0.1) is 0 Å². The first kappa shape index (κ1) is 30.7. The van der Waals surface area contributed by atoms with Gasteiger partial charge >= 0.3 is 0 Å². The number of aromatic nitrogens is 4. The molecule has 2 N–H and O–H groups in total. The summed E-state index contributed by atoms with van der Waals surface area (Å²) < 4.78 is 22.5. The van der Waals surface area contributed by atoms with E-state index in [0.29, 0.717) is 29.7 Å². The lowest BCUT2D eigenvalue weighted by Gasteiger charge is -2.09. The number of nitrogens with zero attached hydrogens (tertiary/aromatic N) is 4. The summed E-state index contributed by atoms with van der Waals surface area (Å²) in [6.45, 7) is 9.96. The molecule has 6 rings (SSSR count). The second-order valence-electron chi connectivity index (χ2n) is 10.1. The number of hydrogen-bond acceptors (Lipinski definition) is 5. The molecule has 5 aromatic rings. The standard InChI is InChI=1S/C31H30FN5O.2C2H6/c1-20-6-7-21(19-35-20)8-9-22-16-25(32)18-27(17-22)38-26-12-10-23(11-13-26)28-29-30(33)34-14-15-37(29)31(36-28)24-4-2-3-5-24;2*1-2/h6-7,10-19,24H,2-5,8-9H2,1H3,(H2,33,34);2*1-2H3. The minimum atomic E-state index is -0.317. The third-order valence-electron chi connectivity index (χ3n) is 7.30. The number of hydrogen-bond donors (Lipinski definition) is 1. The van der Waals surface area contributed by atoms with Crippen LogP contribution in [-0.2, 0) is 12.8 Å². The highest BCUT2D eigenvalue weighted by Crippen LogP contribution is 2.38. The van der Waals surface area contributed by atoms with E-state index in [1.165, 1.54) is 18.9 Å². The van der Waals surface area contributed by atoms with Crippen LogP contribution in [0.3, 0.4) is 0 Å². The Labute approximate surface area is 248 Å². The number of rotatable bonds is 7. The molecule has 3 heterocycles. The first-order chi connectivity index (χ1) is 20.5. The maximum Gasteiger partial charge on any atom is 0.150 e. The van der Waals surface area contributed by atoms with Gasteiger partial charge < -0.3 is 10.5 Å². The fourth-order valence-electron chi connectivity index (χ4n) is 5.34. The molecule has 7 heteroatoms. The van der Waals surface area contributed by atoms with E-state index in [1.54, 1.807) is 12.3 Å². The van der Waals surface area contributed by atoms with Crippen molar-refractivity contribution in [3.8, 4) is 22.8 Å². The van der Waals surface area contributed by atoms with Crippen LogP contribution in [0.25, 0.3) is 16.8 Å². The second kappa shape index (κ2) is 14.6. The summed E-state index contributed by atoms with van der Waals surface area (Å²) in [4.78, 5) is 13.7. The fraction of sp³-hybridized carbons (Fsp3) is 0.343. The molecule has 0 amide bonds. The molecule has 1 aliphatic carbocycles. The van der Waals surface area contributed by atoms with E-state index < -0.39 is 0 Å². The first-order valence-electron chi connectivity index (χ1n) is 15.2. The predicted octanol–water partition coefficient (Wildman–Crippen LogP) is 9.11. The number of anilines is 1. The molecule has 2 aromatic carbocycles. The molecule has 6 nitrogen and oxygen atoms in total. The third-order valence-corrected chi connectivity index (χ3v) is 7.30. The van der Waals surface area contributed by atoms with E-state index in [9.17, 15) is 4.39 Å². The maximum absolute atomic E-state index is 14.4. The number of aryl methyl sites for hydroxylation is 3. The average Bonchev–Trinajstić information content (AvgIpc) is 3.68. The smallest absolute Gasteiger partial charge is 0.150 e. The molecule has 0 unspecified atom stereocenters. The zero-order valence-electron chi connectivity index (χ0n) is 25.4. The zero-order chi connectivity index (χ0) is 30.1. The Morgan fingerprint density at radius 2 is 1.60 bits per heavy atom. The molecule has 3 aromatic heterocycles. The molecule has 0 spiro atoms. The summed E-state index contributed by atoms with van der Waals surface area (Å²) >= 11 is 0. The van der Waals surface area contributed by atoms with Gasteiger partial charge in [0.1, 0.15) is 40.2 Å². The van der Waals surface area contributed by atoms with Crippen LogP contribution in [-0.4, -0.2) is 19.4 Å². The molecule has 1 saturated carbocycles. The normalized spacial score (nSPS) is 12.8. The van der Waals surface area contributed by atoms with Crippen molar-refractivity contribution >= 4 is 11.3 Å². The summed E-state index contributed by atoms with van der Waals surface area (Å²) in [5.74, 6) is 2.73. The SMILES string of the molecule is CC.CC.Cc1ccc(CCc2cc(F)cc(Oc3ccc(-c4nc(C5CCCC5)n5ccnc(N)c45)cc3)c2)cn1. The van der Waals surface area contributed by atoms with E-state index >= 15 is 0 Å².